The molecule has 2 radical (unpaired) electrons. The molecule has 0 spiro atoms. The average molecular weight is 122 g/mol. The van der Waals surface area contributed by atoms with Gasteiger partial charge in [0.1, 0.15) is 19.5 Å². The van der Waals surface area contributed by atoms with Crippen LogP contribution in [-0.2, 0) is 0 Å². The minimum Gasteiger partial charge on any atom is -0.384 e. The van der Waals surface area contributed by atoms with Crippen LogP contribution >= 0.6 is 0 Å². The van der Waals surface area contributed by atoms with E-state index in [2.05, 4.69) is 4.98 Å². The van der Waals surface area contributed by atoms with E-state index in [-0.39, 0.29) is 11.3 Å². The first-order chi connectivity index (χ1) is 4.20. The molecule has 0 aromatic carbocycles. The number of nitrogens with zero attached hydrogens (tertiary/aromatic N) is 1. The van der Waals surface area contributed by atoms with E-state index in [1.54, 1.807) is 0 Å². The van der Waals surface area contributed by atoms with Gasteiger partial charge in [-0.15, -0.1) is 0 Å². The van der Waals surface area contributed by atoms with Gasteiger partial charge in [-0.05, 0) is 6.07 Å². The predicted octanol–water partition coefficient (Wildman–Crippen LogP) is -0.403. The lowest BCUT2D eigenvalue weighted by Gasteiger charge is -1.95. The Bertz CT molecular complexity index is 226. The summed E-state index contributed by atoms with van der Waals surface area (Å²) in [5, 5.41) is 0. The summed E-state index contributed by atoms with van der Waals surface area (Å²) in [7, 11) is 5.19. The van der Waals surface area contributed by atoms with Gasteiger partial charge in [-0.1, -0.05) is 5.46 Å². The second kappa shape index (κ2) is 2.05. The molecule has 1 heterocycles. The normalized spacial score (nSPS) is 9.44. The fourth-order valence-electron chi connectivity index (χ4n) is 0.466. The van der Waals surface area contributed by atoms with Crippen molar-refractivity contribution in [2.75, 3.05) is 5.73 Å². The zero-order chi connectivity index (χ0) is 6.85. The topological polar surface area (TPSA) is 38.9 Å². The van der Waals surface area contributed by atoms with Gasteiger partial charge in [-0.25, -0.2) is 9.37 Å². The number of anilines is 1. The Morgan fingerprint density at radius 1 is 1.67 bits per heavy atom. The molecular formula is C5H4BFN2. The summed E-state index contributed by atoms with van der Waals surface area (Å²) in [5.41, 5.74) is 5.36. The van der Waals surface area contributed by atoms with Gasteiger partial charge < -0.3 is 5.73 Å². The van der Waals surface area contributed by atoms with Gasteiger partial charge in [0.25, 0.3) is 0 Å². The molecule has 0 unspecified atom stereocenters. The zero-order valence-corrected chi connectivity index (χ0v) is 4.63. The van der Waals surface area contributed by atoms with Crippen molar-refractivity contribution in [3.63, 3.8) is 0 Å². The SMILES string of the molecule is [B]c1cc(F)cnc1N. The lowest BCUT2D eigenvalue weighted by atomic mass is 9.97. The molecule has 1 aromatic rings. The first-order valence-corrected chi connectivity index (χ1v) is 2.36. The van der Waals surface area contributed by atoms with E-state index in [0.29, 0.717) is 0 Å². The minimum atomic E-state index is -0.471. The second-order valence-corrected chi connectivity index (χ2v) is 1.63. The van der Waals surface area contributed by atoms with E-state index in [4.69, 9.17) is 13.6 Å². The Morgan fingerprint density at radius 2 is 2.33 bits per heavy atom. The first kappa shape index (κ1) is 6.07. The smallest absolute Gasteiger partial charge is 0.141 e. The van der Waals surface area contributed by atoms with E-state index in [9.17, 15) is 4.39 Å². The summed E-state index contributed by atoms with van der Waals surface area (Å²) in [4.78, 5) is 3.46. The molecule has 0 atom stereocenters. The molecule has 0 aliphatic rings. The minimum absolute atomic E-state index is 0.163. The number of rotatable bonds is 0. The van der Waals surface area contributed by atoms with E-state index < -0.39 is 5.82 Å². The van der Waals surface area contributed by atoms with Crippen molar-refractivity contribution in [1.29, 1.82) is 0 Å². The van der Waals surface area contributed by atoms with Crippen LogP contribution in [0.2, 0.25) is 0 Å². The molecular weight excluding hydrogens is 118 g/mol. The average Bonchev–Trinajstić information content (AvgIpc) is 1.80. The highest BCUT2D eigenvalue weighted by molar-refractivity contribution is 6.35. The Morgan fingerprint density at radius 3 is 2.78 bits per heavy atom. The first-order valence-electron chi connectivity index (χ1n) is 2.36. The maximum absolute atomic E-state index is 12.1. The maximum atomic E-state index is 12.1. The molecule has 0 fully saturated rings. The molecule has 2 N–H and O–H groups in total. The lowest BCUT2D eigenvalue weighted by molar-refractivity contribution is 0.623. The molecule has 0 aliphatic heterocycles. The Hall–Kier alpha value is -1.06. The largest absolute Gasteiger partial charge is 0.384 e. The van der Waals surface area contributed by atoms with Crippen LogP contribution in [0.5, 0.6) is 0 Å². The zero-order valence-electron chi connectivity index (χ0n) is 4.63. The molecule has 0 saturated carbocycles. The van der Waals surface area contributed by atoms with Gasteiger partial charge in [-0.2, -0.15) is 0 Å². The number of hydrogen-bond acceptors (Lipinski definition) is 2. The fraction of sp³-hybridized carbons (Fsp3) is 0. The molecule has 0 amide bonds. The van der Waals surface area contributed by atoms with Gasteiger partial charge in [0.05, 0.1) is 6.20 Å². The fourth-order valence-corrected chi connectivity index (χ4v) is 0.466. The lowest BCUT2D eigenvalue weighted by Crippen LogP contribution is -2.11. The molecule has 9 heavy (non-hydrogen) atoms. The van der Waals surface area contributed by atoms with Crippen LogP contribution in [0, 0.1) is 5.82 Å². The summed E-state index contributed by atoms with van der Waals surface area (Å²) in [6.07, 6.45) is 1.02. The van der Waals surface area contributed by atoms with E-state index in [1.165, 1.54) is 0 Å². The third-order valence-electron chi connectivity index (χ3n) is 0.916. The molecule has 1 aromatic heterocycles. The van der Waals surface area contributed by atoms with Crippen LogP contribution in [0.4, 0.5) is 10.2 Å². The van der Waals surface area contributed by atoms with Crippen molar-refractivity contribution >= 4 is 19.1 Å². The monoisotopic (exact) mass is 122 g/mol. The highest BCUT2D eigenvalue weighted by Gasteiger charge is 1.93. The summed E-state index contributed by atoms with van der Waals surface area (Å²) in [6, 6.07) is 1.13. The van der Waals surface area contributed by atoms with Crippen LogP contribution in [-0.4, -0.2) is 12.8 Å². The van der Waals surface area contributed by atoms with Crippen molar-refractivity contribution < 1.29 is 4.39 Å². The number of nitrogens with two attached hydrogens (primary N) is 1. The van der Waals surface area contributed by atoms with E-state index in [0.717, 1.165) is 12.3 Å². The highest BCUT2D eigenvalue weighted by Crippen LogP contribution is 1.93. The van der Waals surface area contributed by atoms with Gasteiger partial charge in [0.15, 0.2) is 0 Å². The molecule has 0 bridgehead atoms. The number of pyridine rings is 1. The summed E-state index contributed by atoms with van der Waals surface area (Å²) in [5.74, 6) is -0.307. The maximum Gasteiger partial charge on any atom is 0.141 e. The Balaban J connectivity index is 3.17. The van der Waals surface area contributed by atoms with Crippen LogP contribution < -0.4 is 11.2 Å². The number of hydrogen-bond donors (Lipinski definition) is 1. The second-order valence-electron chi connectivity index (χ2n) is 1.63. The van der Waals surface area contributed by atoms with Crippen LogP contribution in [0.25, 0.3) is 0 Å². The van der Waals surface area contributed by atoms with Crippen molar-refractivity contribution in [3.8, 4) is 0 Å². The summed E-state index contributed by atoms with van der Waals surface area (Å²) in [6.45, 7) is 0. The standard InChI is InChI=1S/C5H4BFN2/c6-4-1-3(7)2-9-5(4)8/h1-2H,(H2,8,9). The van der Waals surface area contributed by atoms with Crippen LogP contribution in [0.1, 0.15) is 0 Å². The van der Waals surface area contributed by atoms with Crippen LogP contribution in [0.3, 0.4) is 0 Å². The van der Waals surface area contributed by atoms with Gasteiger partial charge in [0, 0.05) is 0 Å². The van der Waals surface area contributed by atoms with Crippen molar-refractivity contribution in [1.82, 2.24) is 4.98 Å². The van der Waals surface area contributed by atoms with E-state index >= 15 is 0 Å². The Kier molecular flexibility index (Phi) is 1.38. The third-order valence-corrected chi connectivity index (χ3v) is 0.916. The van der Waals surface area contributed by atoms with Crippen molar-refractivity contribution in [2.45, 2.75) is 0 Å². The van der Waals surface area contributed by atoms with Crippen LogP contribution in [0.15, 0.2) is 12.3 Å². The predicted molar refractivity (Wildman–Crippen MR) is 34.0 cm³/mol. The summed E-state index contributed by atoms with van der Waals surface area (Å²) < 4.78 is 12.1. The van der Waals surface area contributed by atoms with Gasteiger partial charge >= 0.3 is 0 Å². The summed E-state index contributed by atoms with van der Waals surface area (Å²) >= 11 is 0. The van der Waals surface area contributed by atoms with Crippen molar-refractivity contribution in [2.24, 2.45) is 0 Å². The quantitative estimate of drug-likeness (QED) is 0.475. The molecule has 2 nitrogen and oxygen atoms in total. The van der Waals surface area contributed by atoms with Gasteiger partial charge in [-0.3, -0.25) is 0 Å². The molecule has 0 aliphatic carbocycles. The molecule has 0 saturated heterocycles. The molecule has 44 valence electrons. The van der Waals surface area contributed by atoms with Gasteiger partial charge in [0.2, 0.25) is 0 Å². The number of nitrogen functional groups attached to an aromatic ring is 1. The molecule has 1 rings (SSSR count). The number of halogens is 1. The number of aromatic nitrogens is 1. The molecule has 4 heteroatoms. The van der Waals surface area contributed by atoms with E-state index in [1.807, 2.05) is 0 Å². The van der Waals surface area contributed by atoms with Crippen molar-refractivity contribution in [3.05, 3.63) is 18.1 Å². The highest BCUT2D eigenvalue weighted by atomic mass is 19.1. The Labute approximate surface area is 53.3 Å². The third kappa shape index (κ3) is 1.19.